The maximum atomic E-state index is 5.23. The second-order valence-electron chi connectivity index (χ2n) is 4.79. The molecule has 1 unspecified atom stereocenters. The normalized spacial score (nSPS) is 12.4. The van der Waals surface area contributed by atoms with Crippen LogP contribution >= 0.6 is 0 Å². The Morgan fingerprint density at radius 2 is 1.95 bits per heavy atom. The minimum atomic E-state index is 0.159. The third-order valence-electron chi connectivity index (χ3n) is 3.39. The Morgan fingerprint density at radius 1 is 1.25 bits per heavy atom. The summed E-state index contributed by atoms with van der Waals surface area (Å²) in [5, 5.41) is 8.08. The highest BCUT2D eigenvalue weighted by Gasteiger charge is 2.18. The van der Waals surface area contributed by atoms with Gasteiger partial charge in [-0.15, -0.1) is 0 Å². The summed E-state index contributed by atoms with van der Waals surface area (Å²) >= 11 is 0. The molecule has 0 fully saturated rings. The van der Waals surface area contributed by atoms with Gasteiger partial charge in [-0.3, -0.25) is 4.68 Å². The van der Waals surface area contributed by atoms with Crippen molar-refractivity contribution in [2.75, 3.05) is 13.7 Å². The third kappa shape index (κ3) is 3.02. The minimum absolute atomic E-state index is 0.159. The molecule has 0 aliphatic carbocycles. The van der Waals surface area contributed by atoms with E-state index in [4.69, 9.17) is 4.74 Å². The summed E-state index contributed by atoms with van der Waals surface area (Å²) in [4.78, 5) is 0. The number of nitrogens with zero attached hydrogens (tertiary/aromatic N) is 2. The van der Waals surface area contributed by atoms with E-state index >= 15 is 0 Å². The number of nitrogens with one attached hydrogen (secondary N) is 1. The monoisotopic (exact) mass is 273 g/mol. The van der Waals surface area contributed by atoms with Gasteiger partial charge in [0.15, 0.2) is 0 Å². The molecule has 1 aromatic carbocycles. The third-order valence-corrected chi connectivity index (χ3v) is 3.39. The molecular formula is C16H23N3O. The van der Waals surface area contributed by atoms with Gasteiger partial charge in [0.2, 0.25) is 0 Å². The van der Waals surface area contributed by atoms with Crippen molar-refractivity contribution in [3.63, 3.8) is 0 Å². The standard InChI is InChI=1S/C16H23N3O/c1-5-17-16(13-7-9-14(20-4)10-8-13)15-11-12(3)18-19(15)6-2/h7-11,16-17H,5-6H2,1-4H3. The fourth-order valence-corrected chi connectivity index (χ4v) is 2.44. The van der Waals surface area contributed by atoms with Gasteiger partial charge in [0.1, 0.15) is 5.75 Å². The van der Waals surface area contributed by atoms with Crippen molar-refractivity contribution >= 4 is 0 Å². The van der Waals surface area contributed by atoms with Gasteiger partial charge >= 0.3 is 0 Å². The first-order valence-electron chi connectivity index (χ1n) is 7.11. The van der Waals surface area contributed by atoms with Crippen molar-refractivity contribution in [3.05, 3.63) is 47.3 Å². The number of aryl methyl sites for hydroxylation is 2. The van der Waals surface area contributed by atoms with Crippen LogP contribution < -0.4 is 10.1 Å². The Labute approximate surface area is 120 Å². The molecule has 108 valence electrons. The molecule has 1 atom stereocenters. The Morgan fingerprint density at radius 3 is 2.50 bits per heavy atom. The van der Waals surface area contributed by atoms with Gasteiger partial charge in [-0.05, 0) is 44.2 Å². The summed E-state index contributed by atoms with van der Waals surface area (Å²) in [6, 6.07) is 10.5. The predicted molar refractivity (Wildman–Crippen MR) is 81.2 cm³/mol. The average Bonchev–Trinajstić information content (AvgIpc) is 2.85. The molecule has 2 rings (SSSR count). The summed E-state index contributed by atoms with van der Waals surface area (Å²) in [6.07, 6.45) is 0. The van der Waals surface area contributed by atoms with E-state index in [0.717, 1.165) is 24.5 Å². The molecule has 0 amide bonds. The zero-order valence-electron chi connectivity index (χ0n) is 12.7. The Balaban J connectivity index is 2.38. The summed E-state index contributed by atoms with van der Waals surface area (Å²) in [7, 11) is 1.69. The van der Waals surface area contributed by atoms with Crippen LogP contribution in [0.2, 0.25) is 0 Å². The Bertz CT molecular complexity index is 545. The van der Waals surface area contributed by atoms with Gasteiger partial charge in [0.25, 0.3) is 0 Å². The maximum absolute atomic E-state index is 5.23. The number of hydrogen-bond acceptors (Lipinski definition) is 3. The first-order valence-corrected chi connectivity index (χ1v) is 7.11. The number of rotatable bonds is 6. The molecule has 2 aromatic rings. The average molecular weight is 273 g/mol. The fraction of sp³-hybridized carbons (Fsp3) is 0.438. The van der Waals surface area contributed by atoms with Crippen LogP contribution in [0.4, 0.5) is 0 Å². The van der Waals surface area contributed by atoms with E-state index in [-0.39, 0.29) is 6.04 Å². The molecule has 1 aromatic heterocycles. The number of aromatic nitrogens is 2. The molecule has 0 saturated carbocycles. The lowest BCUT2D eigenvalue weighted by molar-refractivity contribution is 0.414. The molecule has 0 bridgehead atoms. The van der Waals surface area contributed by atoms with E-state index in [1.807, 2.05) is 19.1 Å². The first kappa shape index (κ1) is 14.6. The smallest absolute Gasteiger partial charge is 0.118 e. The molecule has 4 heteroatoms. The molecule has 0 saturated heterocycles. The highest BCUT2D eigenvalue weighted by atomic mass is 16.5. The van der Waals surface area contributed by atoms with Gasteiger partial charge in [0, 0.05) is 6.54 Å². The van der Waals surface area contributed by atoms with E-state index < -0.39 is 0 Å². The summed E-state index contributed by atoms with van der Waals surface area (Å²) in [6.45, 7) is 8.06. The van der Waals surface area contributed by atoms with E-state index in [1.54, 1.807) is 7.11 Å². The van der Waals surface area contributed by atoms with Gasteiger partial charge in [-0.1, -0.05) is 19.1 Å². The van der Waals surface area contributed by atoms with Crippen molar-refractivity contribution < 1.29 is 4.74 Å². The molecule has 20 heavy (non-hydrogen) atoms. The number of hydrogen-bond donors (Lipinski definition) is 1. The molecule has 1 heterocycles. The van der Waals surface area contributed by atoms with Crippen LogP contribution in [0, 0.1) is 6.92 Å². The van der Waals surface area contributed by atoms with Gasteiger partial charge < -0.3 is 10.1 Å². The van der Waals surface area contributed by atoms with Crippen LogP contribution in [-0.2, 0) is 6.54 Å². The van der Waals surface area contributed by atoms with Crippen molar-refractivity contribution in [1.29, 1.82) is 0 Å². The number of benzene rings is 1. The van der Waals surface area contributed by atoms with Crippen LogP contribution in [-0.4, -0.2) is 23.4 Å². The molecular weight excluding hydrogens is 250 g/mol. The van der Waals surface area contributed by atoms with Crippen LogP contribution in [0.15, 0.2) is 30.3 Å². The van der Waals surface area contributed by atoms with Gasteiger partial charge in [-0.2, -0.15) is 5.10 Å². The fourth-order valence-electron chi connectivity index (χ4n) is 2.44. The molecule has 1 N–H and O–H groups in total. The van der Waals surface area contributed by atoms with E-state index in [9.17, 15) is 0 Å². The first-order chi connectivity index (χ1) is 9.69. The lowest BCUT2D eigenvalue weighted by Crippen LogP contribution is -2.24. The highest BCUT2D eigenvalue weighted by molar-refractivity contribution is 5.34. The van der Waals surface area contributed by atoms with Crippen LogP contribution in [0.1, 0.15) is 36.8 Å². The highest BCUT2D eigenvalue weighted by Crippen LogP contribution is 2.24. The second-order valence-corrected chi connectivity index (χ2v) is 4.79. The van der Waals surface area contributed by atoms with Crippen molar-refractivity contribution in [2.45, 2.75) is 33.4 Å². The zero-order chi connectivity index (χ0) is 14.5. The van der Waals surface area contributed by atoms with E-state index in [0.29, 0.717) is 0 Å². The molecule has 4 nitrogen and oxygen atoms in total. The van der Waals surface area contributed by atoms with Gasteiger partial charge in [-0.25, -0.2) is 0 Å². The summed E-state index contributed by atoms with van der Waals surface area (Å²) < 4.78 is 7.29. The maximum Gasteiger partial charge on any atom is 0.118 e. The lowest BCUT2D eigenvalue weighted by atomic mass is 10.0. The predicted octanol–water partition coefficient (Wildman–Crippen LogP) is 2.92. The molecule has 0 spiro atoms. The minimum Gasteiger partial charge on any atom is -0.497 e. The van der Waals surface area contributed by atoms with E-state index in [2.05, 4.69) is 47.1 Å². The molecule has 0 aliphatic rings. The largest absolute Gasteiger partial charge is 0.497 e. The number of ether oxygens (including phenoxy) is 1. The van der Waals surface area contributed by atoms with Crippen molar-refractivity contribution in [3.8, 4) is 5.75 Å². The zero-order valence-corrected chi connectivity index (χ0v) is 12.7. The summed E-state index contributed by atoms with van der Waals surface area (Å²) in [5.41, 5.74) is 3.48. The van der Waals surface area contributed by atoms with E-state index in [1.165, 1.54) is 11.3 Å². The van der Waals surface area contributed by atoms with Crippen molar-refractivity contribution in [1.82, 2.24) is 15.1 Å². The summed E-state index contributed by atoms with van der Waals surface area (Å²) in [5.74, 6) is 0.879. The van der Waals surface area contributed by atoms with Crippen LogP contribution in [0.25, 0.3) is 0 Å². The quantitative estimate of drug-likeness (QED) is 0.879. The number of methoxy groups -OCH3 is 1. The molecule has 0 radical (unpaired) electrons. The second kappa shape index (κ2) is 6.57. The Hall–Kier alpha value is -1.81. The SMILES string of the molecule is CCNC(c1ccc(OC)cc1)c1cc(C)nn1CC. The van der Waals surface area contributed by atoms with Gasteiger partial charge in [0.05, 0.1) is 24.5 Å². The van der Waals surface area contributed by atoms with Crippen molar-refractivity contribution in [2.24, 2.45) is 0 Å². The van der Waals surface area contributed by atoms with Crippen LogP contribution in [0.5, 0.6) is 5.75 Å². The van der Waals surface area contributed by atoms with Crippen LogP contribution in [0.3, 0.4) is 0 Å². The topological polar surface area (TPSA) is 39.1 Å². The molecule has 0 aliphatic heterocycles. The Kier molecular flexibility index (Phi) is 4.79. The lowest BCUT2D eigenvalue weighted by Gasteiger charge is -2.19.